The molecule has 1 saturated heterocycles. The van der Waals surface area contributed by atoms with Crippen molar-refractivity contribution in [2.45, 2.75) is 13.0 Å². The van der Waals surface area contributed by atoms with Crippen molar-refractivity contribution >= 4 is 23.0 Å². The van der Waals surface area contributed by atoms with E-state index in [1.54, 1.807) is 17.0 Å². The molecule has 0 radical (unpaired) electrons. The highest BCUT2D eigenvalue weighted by Crippen LogP contribution is 2.40. The van der Waals surface area contributed by atoms with Gasteiger partial charge in [0.05, 0.1) is 10.5 Å². The van der Waals surface area contributed by atoms with E-state index in [1.165, 1.54) is 24.3 Å². The van der Waals surface area contributed by atoms with E-state index in [0.29, 0.717) is 38.3 Å². The molecule has 2 aliphatic heterocycles. The number of hydrogen-bond donors (Lipinski definition) is 1. The summed E-state index contributed by atoms with van der Waals surface area (Å²) in [5, 5.41) is 14.8. The predicted octanol–water partition coefficient (Wildman–Crippen LogP) is 3.13. The summed E-state index contributed by atoms with van der Waals surface area (Å²) < 4.78 is 29.8. The van der Waals surface area contributed by atoms with Gasteiger partial charge in [-0.05, 0) is 24.6 Å². The van der Waals surface area contributed by atoms with Gasteiger partial charge in [-0.2, -0.15) is 8.78 Å². The van der Waals surface area contributed by atoms with Crippen LogP contribution in [-0.4, -0.2) is 55.1 Å². The summed E-state index contributed by atoms with van der Waals surface area (Å²) in [7, 11) is 0. The van der Waals surface area contributed by atoms with Gasteiger partial charge in [0.1, 0.15) is 11.4 Å². The Hall–Kier alpha value is -3.43. The number of alkyl halides is 2. The molecule has 4 rings (SSSR count). The largest absolute Gasteiger partial charge is 0.434 e. The highest BCUT2D eigenvalue weighted by atomic mass is 19.3. The zero-order valence-corrected chi connectivity index (χ0v) is 16.0. The molecule has 0 spiro atoms. The molecule has 1 fully saturated rings. The molecule has 0 aromatic heterocycles. The molecule has 1 amide bonds. The molecule has 10 heteroatoms. The van der Waals surface area contributed by atoms with Gasteiger partial charge >= 0.3 is 6.61 Å². The third-order valence-corrected chi connectivity index (χ3v) is 5.37. The fourth-order valence-electron chi connectivity index (χ4n) is 4.01. The van der Waals surface area contributed by atoms with Crippen molar-refractivity contribution < 1.29 is 23.2 Å². The van der Waals surface area contributed by atoms with Crippen LogP contribution in [0.1, 0.15) is 15.9 Å². The third-order valence-electron chi connectivity index (χ3n) is 5.37. The summed E-state index contributed by atoms with van der Waals surface area (Å²) in [4.78, 5) is 27.5. The number of hydrogen-bond acceptors (Lipinski definition) is 6. The zero-order chi connectivity index (χ0) is 21.3. The summed E-state index contributed by atoms with van der Waals surface area (Å²) in [6, 6.07) is 9.12. The van der Waals surface area contributed by atoms with Crippen molar-refractivity contribution in [3.8, 4) is 5.75 Å². The van der Waals surface area contributed by atoms with E-state index in [1.807, 2.05) is 4.90 Å². The van der Waals surface area contributed by atoms with Crippen LogP contribution in [-0.2, 0) is 6.42 Å². The Kier molecular flexibility index (Phi) is 5.39. The Morgan fingerprint density at radius 2 is 1.87 bits per heavy atom. The summed E-state index contributed by atoms with van der Waals surface area (Å²) in [6.45, 7) is -0.859. The number of amides is 1. The van der Waals surface area contributed by atoms with Crippen LogP contribution >= 0.6 is 0 Å². The summed E-state index contributed by atoms with van der Waals surface area (Å²) in [5.74, 6) is -0.567. The second-order valence-corrected chi connectivity index (χ2v) is 7.05. The van der Waals surface area contributed by atoms with Crippen LogP contribution in [0.3, 0.4) is 0 Å². The van der Waals surface area contributed by atoms with Crippen LogP contribution in [0, 0.1) is 10.1 Å². The second kappa shape index (κ2) is 8.13. The van der Waals surface area contributed by atoms with Gasteiger partial charge in [-0.1, -0.05) is 12.1 Å². The maximum absolute atomic E-state index is 12.9. The summed E-state index contributed by atoms with van der Waals surface area (Å²) in [5.41, 5.74) is 2.53. The Morgan fingerprint density at radius 1 is 1.13 bits per heavy atom. The number of nitro benzene ring substituents is 1. The molecule has 2 aromatic carbocycles. The Morgan fingerprint density at radius 3 is 2.57 bits per heavy atom. The van der Waals surface area contributed by atoms with Crippen LogP contribution in [0.4, 0.5) is 25.8 Å². The molecule has 2 aromatic rings. The van der Waals surface area contributed by atoms with Crippen LogP contribution in [0.5, 0.6) is 5.75 Å². The summed E-state index contributed by atoms with van der Waals surface area (Å²) >= 11 is 0. The van der Waals surface area contributed by atoms with Crippen molar-refractivity contribution in [1.29, 1.82) is 0 Å². The van der Waals surface area contributed by atoms with E-state index < -0.39 is 12.5 Å². The Labute approximate surface area is 171 Å². The van der Waals surface area contributed by atoms with Gasteiger partial charge < -0.3 is 19.9 Å². The number of para-hydroxylation sites is 1. The quantitative estimate of drug-likeness (QED) is 0.593. The first-order valence-electron chi connectivity index (χ1n) is 9.58. The molecule has 30 heavy (non-hydrogen) atoms. The van der Waals surface area contributed by atoms with Crippen molar-refractivity contribution in [3.63, 3.8) is 0 Å². The smallest absolute Gasteiger partial charge is 0.387 e. The standard InChI is InChI=1S/C20H20F2N4O4/c21-20(22)30-17-4-2-1-3-14(17)19(27)25-11-9-24(10-12-25)18-13-7-8-23-15(13)5-6-16(18)26(28)29/h1-6,20,23H,7-12H2. The number of ether oxygens (including phenoxy) is 1. The minimum absolute atomic E-state index is 0.0490. The van der Waals surface area contributed by atoms with Crippen molar-refractivity contribution in [3.05, 3.63) is 57.6 Å². The van der Waals surface area contributed by atoms with E-state index in [4.69, 9.17) is 0 Å². The molecule has 2 heterocycles. The minimum Gasteiger partial charge on any atom is -0.434 e. The lowest BCUT2D eigenvalue weighted by molar-refractivity contribution is -0.384. The normalized spacial score (nSPS) is 15.7. The Balaban J connectivity index is 1.53. The second-order valence-electron chi connectivity index (χ2n) is 7.05. The molecule has 0 bridgehead atoms. The number of anilines is 2. The number of fused-ring (bicyclic) bond motifs is 1. The van der Waals surface area contributed by atoms with Crippen molar-refractivity contribution in [2.24, 2.45) is 0 Å². The van der Waals surface area contributed by atoms with Crippen molar-refractivity contribution in [1.82, 2.24) is 4.90 Å². The van der Waals surface area contributed by atoms with Gasteiger partial charge in [0.2, 0.25) is 0 Å². The number of rotatable bonds is 5. The molecule has 0 unspecified atom stereocenters. The first kappa shape index (κ1) is 19.9. The molecule has 0 atom stereocenters. The summed E-state index contributed by atoms with van der Waals surface area (Å²) in [6.07, 6.45) is 0.698. The van der Waals surface area contributed by atoms with E-state index in [9.17, 15) is 23.7 Å². The molecule has 0 saturated carbocycles. The van der Waals surface area contributed by atoms with Crippen LogP contribution in [0.2, 0.25) is 0 Å². The maximum Gasteiger partial charge on any atom is 0.387 e. The van der Waals surface area contributed by atoms with Gasteiger partial charge in [0.15, 0.2) is 0 Å². The molecule has 8 nitrogen and oxygen atoms in total. The lowest BCUT2D eigenvalue weighted by Gasteiger charge is -2.36. The number of nitrogens with zero attached hydrogens (tertiary/aromatic N) is 3. The predicted molar refractivity (Wildman–Crippen MR) is 106 cm³/mol. The fraction of sp³-hybridized carbons (Fsp3) is 0.350. The van der Waals surface area contributed by atoms with Gasteiger partial charge in [-0.15, -0.1) is 0 Å². The molecule has 2 aliphatic rings. The number of benzene rings is 2. The number of nitro groups is 1. The number of carbonyl (C=O) groups is 1. The Bertz CT molecular complexity index is 977. The third kappa shape index (κ3) is 3.72. The van der Waals surface area contributed by atoms with Crippen LogP contribution < -0.4 is 15.0 Å². The zero-order valence-electron chi connectivity index (χ0n) is 16.0. The molecule has 158 valence electrons. The number of piperazine rings is 1. The monoisotopic (exact) mass is 418 g/mol. The van der Waals surface area contributed by atoms with E-state index in [2.05, 4.69) is 10.1 Å². The number of halogens is 2. The molecular weight excluding hydrogens is 398 g/mol. The van der Waals surface area contributed by atoms with Crippen LogP contribution in [0.15, 0.2) is 36.4 Å². The average Bonchev–Trinajstić information content (AvgIpc) is 3.21. The maximum atomic E-state index is 12.9. The van der Waals surface area contributed by atoms with E-state index >= 15 is 0 Å². The molecular formula is C20H20F2N4O4. The fourth-order valence-corrected chi connectivity index (χ4v) is 4.01. The van der Waals surface area contributed by atoms with Gasteiger partial charge in [-0.3, -0.25) is 14.9 Å². The van der Waals surface area contributed by atoms with Gasteiger partial charge in [0, 0.05) is 50.0 Å². The van der Waals surface area contributed by atoms with E-state index in [-0.39, 0.29) is 21.9 Å². The number of carbonyl (C=O) groups excluding carboxylic acids is 1. The minimum atomic E-state index is -3.02. The highest BCUT2D eigenvalue weighted by molar-refractivity contribution is 5.97. The average molecular weight is 418 g/mol. The van der Waals surface area contributed by atoms with Gasteiger partial charge in [0.25, 0.3) is 11.6 Å². The topological polar surface area (TPSA) is 88.0 Å². The SMILES string of the molecule is O=C(c1ccccc1OC(F)F)N1CCN(c2c([N+](=O)[O-])ccc3c2CCN3)CC1. The lowest BCUT2D eigenvalue weighted by atomic mass is 10.1. The first-order valence-corrected chi connectivity index (χ1v) is 9.58. The van der Waals surface area contributed by atoms with E-state index in [0.717, 1.165) is 17.8 Å². The van der Waals surface area contributed by atoms with Crippen LogP contribution in [0.25, 0.3) is 0 Å². The van der Waals surface area contributed by atoms with Crippen molar-refractivity contribution in [2.75, 3.05) is 42.9 Å². The number of nitrogens with one attached hydrogen (secondary N) is 1. The van der Waals surface area contributed by atoms with Gasteiger partial charge in [-0.25, -0.2) is 0 Å². The molecule has 1 N–H and O–H groups in total. The lowest BCUT2D eigenvalue weighted by Crippen LogP contribution is -2.49. The first-order chi connectivity index (χ1) is 14.5. The highest BCUT2D eigenvalue weighted by Gasteiger charge is 2.31. The molecule has 0 aliphatic carbocycles.